The molecule has 1 atom stereocenters. The van der Waals surface area contributed by atoms with Gasteiger partial charge in [-0.15, -0.1) is 0 Å². The molecule has 2 N–H and O–H groups in total. The van der Waals surface area contributed by atoms with Crippen molar-refractivity contribution in [3.8, 4) is 11.8 Å². The van der Waals surface area contributed by atoms with Gasteiger partial charge in [0.1, 0.15) is 23.7 Å². The molecular weight excluding hydrogens is 244 g/mol. The number of anilines is 1. The Labute approximate surface area is 112 Å². The normalized spacial score (nSPS) is 21.6. The Morgan fingerprint density at radius 3 is 3.16 bits per heavy atom. The number of nitrogens with one attached hydrogen (secondary N) is 1. The molecule has 1 aliphatic heterocycles. The highest BCUT2D eigenvalue weighted by molar-refractivity contribution is 5.96. The zero-order chi connectivity index (χ0) is 13.7. The van der Waals surface area contributed by atoms with Crippen LogP contribution in [0.2, 0.25) is 0 Å². The predicted molar refractivity (Wildman–Crippen MR) is 70.4 cm³/mol. The maximum absolute atomic E-state index is 12.1. The van der Waals surface area contributed by atoms with Crippen LogP contribution in [0.4, 0.5) is 5.82 Å². The topological polar surface area (TPSA) is 71.5 Å². The highest BCUT2D eigenvalue weighted by atomic mass is 16.5. The molecule has 0 aliphatic carbocycles. The molecule has 0 spiro atoms. The van der Waals surface area contributed by atoms with Crippen LogP contribution in [0.25, 0.3) is 0 Å². The number of amides is 1. The lowest BCUT2D eigenvalue weighted by Crippen LogP contribution is -2.39. The van der Waals surface area contributed by atoms with Crippen LogP contribution in [0.5, 0.6) is 0 Å². The lowest BCUT2D eigenvalue weighted by atomic mass is 10.0. The number of pyridine rings is 1. The number of rotatable bonds is 2. The van der Waals surface area contributed by atoms with Crippen LogP contribution in [-0.2, 0) is 9.53 Å². The van der Waals surface area contributed by atoms with Gasteiger partial charge in [-0.25, -0.2) is 4.98 Å². The van der Waals surface area contributed by atoms with E-state index in [0.29, 0.717) is 24.5 Å². The minimum atomic E-state index is -0.769. The molecule has 1 aliphatic rings. The molecule has 1 saturated heterocycles. The largest absolute Gasteiger partial charge is 0.384 e. The second kappa shape index (κ2) is 5.83. The molecule has 5 nitrogen and oxygen atoms in total. The molecule has 2 heterocycles. The Morgan fingerprint density at radius 2 is 2.47 bits per heavy atom. The van der Waals surface area contributed by atoms with Crippen molar-refractivity contribution in [2.75, 3.05) is 18.5 Å². The van der Waals surface area contributed by atoms with E-state index < -0.39 is 5.60 Å². The number of ether oxygens (including phenoxy) is 1. The Bertz CT molecular complexity index is 525. The third-order valence-corrected chi connectivity index (χ3v) is 2.99. The van der Waals surface area contributed by atoms with Crippen LogP contribution in [0, 0.1) is 11.8 Å². The van der Waals surface area contributed by atoms with Gasteiger partial charge in [0.2, 0.25) is 0 Å². The number of carbonyl (C=O) groups excluding carboxylic acids is 1. The lowest BCUT2D eigenvalue weighted by molar-refractivity contribution is -0.133. The summed E-state index contributed by atoms with van der Waals surface area (Å²) in [5, 5.41) is 11.4. The quantitative estimate of drug-likeness (QED) is 0.776. The van der Waals surface area contributed by atoms with Crippen molar-refractivity contribution < 1.29 is 14.6 Å². The number of hydrogen-bond donors (Lipinski definition) is 2. The summed E-state index contributed by atoms with van der Waals surface area (Å²) in [5.41, 5.74) is -0.265. The lowest BCUT2D eigenvalue weighted by Gasteiger charge is -2.21. The second-order valence-corrected chi connectivity index (χ2v) is 4.50. The summed E-state index contributed by atoms with van der Waals surface area (Å²) in [5.74, 6) is 5.45. The second-order valence-electron chi connectivity index (χ2n) is 4.50. The Morgan fingerprint density at radius 1 is 1.63 bits per heavy atom. The van der Waals surface area contributed by atoms with Gasteiger partial charge in [-0.2, -0.15) is 0 Å². The summed E-state index contributed by atoms with van der Waals surface area (Å²) in [6.45, 7) is 2.17. The van der Waals surface area contributed by atoms with Crippen molar-refractivity contribution in [3.63, 3.8) is 0 Å². The van der Waals surface area contributed by atoms with E-state index in [2.05, 4.69) is 22.1 Å². The van der Waals surface area contributed by atoms with E-state index in [1.165, 1.54) is 0 Å². The highest BCUT2D eigenvalue weighted by Crippen LogP contribution is 2.26. The van der Waals surface area contributed by atoms with Crippen molar-refractivity contribution in [2.45, 2.75) is 25.4 Å². The molecule has 0 aromatic carbocycles. The molecule has 1 amide bonds. The van der Waals surface area contributed by atoms with E-state index in [-0.39, 0.29) is 12.5 Å². The average Bonchev–Trinajstić information content (AvgIpc) is 2.85. The first-order chi connectivity index (χ1) is 9.14. The molecule has 1 fully saturated rings. The van der Waals surface area contributed by atoms with E-state index >= 15 is 0 Å². The van der Waals surface area contributed by atoms with Crippen molar-refractivity contribution >= 4 is 11.7 Å². The van der Waals surface area contributed by atoms with Crippen LogP contribution >= 0.6 is 0 Å². The molecule has 0 saturated carbocycles. The third-order valence-electron chi connectivity index (χ3n) is 2.99. The van der Waals surface area contributed by atoms with Crippen LogP contribution in [0.3, 0.4) is 0 Å². The average molecular weight is 260 g/mol. The molecule has 19 heavy (non-hydrogen) atoms. The minimum absolute atomic E-state index is 0.190. The molecule has 100 valence electrons. The number of aliphatic hydroxyl groups is 1. The van der Waals surface area contributed by atoms with Crippen molar-refractivity contribution in [1.82, 2.24) is 4.98 Å². The fourth-order valence-corrected chi connectivity index (χ4v) is 1.91. The summed E-state index contributed by atoms with van der Waals surface area (Å²) in [6.07, 6.45) is 1.60. The monoisotopic (exact) mass is 260 g/mol. The zero-order valence-corrected chi connectivity index (χ0v) is 10.8. The molecule has 0 radical (unpaired) electrons. The summed E-state index contributed by atoms with van der Waals surface area (Å²) in [6, 6.07) is 5.16. The van der Waals surface area contributed by atoms with Crippen molar-refractivity contribution in [1.29, 1.82) is 0 Å². The third kappa shape index (κ3) is 3.31. The Balaban J connectivity index is 2.08. The van der Waals surface area contributed by atoms with Gasteiger partial charge in [0.15, 0.2) is 0 Å². The summed E-state index contributed by atoms with van der Waals surface area (Å²) >= 11 is 0. The number of aromatic nitrogens is 1. The standard InChI is InChI=1S/C14H16N2O3/c1-14(8-4-10-19-14)13(18)16-12-7-2-5-11(15-12)6-3-9-17/h2,5,7,17H,4,8-10H2,1H3,(H,15,16,18). The van der Waals surface area contributed by atoms with E-state index in [0.717, 1.165) is 6.42 Å². The Hall–Kier alpha value is -1.90. The van der Waals surface area contributed by atoms with E-state index in [4.69, 9.17) is 9.84 Å². The van der Waals surface area contributed by atoms with Crippen LogP contribution in [-0.4, -0.2) is 34.8 Å². The SMILES string of the molecule is CC1(C(=O)Nc2cccc(C#CCO)n2)CCCO1. The van der Waals surface area contributed by atoms with Gasteiger partial charge < -0.3 is 15.2 Å². The summed E-state index contributed by atoms with van der Waals surface area (Å²) in [7, 11) is 0. The van der Waals surface area contributed by atoms with Crippen molar-refractivity contribution in [2.24, 2.45) is 0 Å². The molecule has 0 bridgehead atoms. The fraction of sp³-hybridized carbons (Fsp3) is 0.429. The maximum atomic E-state index is 12.1. The molecule has 1 aromatic rings. The number of nitrogens with zero attached hydrogens (tertiary/aromatic N) is 1. The van der Waals surface area contributed by atoms with Gasteiger partial charge in [-0.1, -0.05) is 12.0 Å². The minimum Gasteiger partial charge on any atom is -0.384 e. The first-order valence-corrected chi connectivity index (χ1v) is 6.16. The van der Waals surface area contributed by atoms with E-state index in [1.54, 1.807) is 25.1 Å². The number of carbonyl (C=O) groups is 1. The first-order valence-electron chi connectivity index (χ1n) is 6.16. The van der Waals surface area contributed by atoms with Crippen molar-refractivity contribution in [3.05, 3.63) is 23.9 Å². The van der Waals surface area contributed by atoms with Gasteiger partial charge in [-0.3, -0.25) is 4.79 Å². The molecule has 1 aromatic heterocycles. The fourth-order valence-electron chi connectivity index (χ4n) is 1.91. The van der Waals surface area contributed by atoms with Crippen LogP contribution in [0.1, 0.15) is 25.5 Å². The van der Waals surface area contributed by atoms with E-state index in [1.807, 2.05) is 0 Å². The molecule has 1 unspecified atom stereocenters. The van der Waals surface area contributed by atoms with E-state index in [9.17, 15) is 4.79 Å². The highest BCUT2D eigenvalue weighted by Gasteiger charge is 2.37. The summed E-state index contributed by atoms with van der Waals surface area (Å²) in [4.78, 5) is 16.3. The van der Waals surface area contributed by atoms with Gasteiger partial charge in [-0.05, 0) is 37.8 Å². The van der Waals surface area contributed by atoms with Crippen LogP contribution in [0.15, 0.2) is 18.2 Å². The van der Waals surface area contributed by atoms with Gasteiger partial charge in [0.25, 0.3) is 5.91 Å². The predicted octanol–water partition coefficient (Wildman–Crippen LogP) is 0.933. The molecular formula is C14H16N2O3. The first kappa shape index (κ1) is 13.5. The molecule has 2 rings (SSSR count). The van der Waals surface area contributed by atoms with Gasteiger partial charge in [0.05, 0.1) is 0 Å². The maximum Gasteiger partial charge on any atom is 0.257 e. The van der Waals surface area contributed by atoms with Gasteiger partial charge >= 0.3 is 0 Å². The van der Waals surface area contributed by atoms with Gasteiger partial charge in [0, 0.05) is 6.61 Å². The van der Waals surface area contributed by atoms with Crippen LogP contribution < -0.4 is 5.32 Å². The number of hydrogen-bond acceptors (Lipinski definition) is 4. The number of aliphatic hydroxyl groups excluding tert-OH is 1. The smallest absolute Gasteiger partial charge is 0.257 e. The Kier molecular flexibility index (Phi) is 4.15. The zero-order valence-electron chi connectivity index (χ0n) is 10.8. The summed E-state index contributed by atoms with van der Waals surface area (Å²) < 4.78 is 5.47. The molecule has 5 heteroatoms.